The summed E-state index contributed by atoms with van der Waals surface area (Å²) in [4.78, 5) is 13.9. The van der Waals surface area contributed by atoms with Crippen LogP contribution >= 0.6 is 0 Å². The molecule has 84 valence electrons. The lowest BCUT2D eigenvalue weighted by molar-refractivity contribution is 0.0277. The molecule has 1 aromatic carbocycles. The SMILES string of the molecule is [N-]=[N+]=NC[C@@H](O)COC(=O)c1ccccc1. The van der Waals surface area contributed by atoms with Crippen LogP contribution < -0.4 is 0 Å². The normalized spacial score (nSPS) is 11.3. The standard InChI is InChI=1S/C10H11N3O3/c11-13-12-6-9(14)7-16-10(15)8-4-2-1-3-5-8/h1-5,9,14H,6-7H2/t9-/m1/s1. The van der Waals surface area contributed by atoms with E-state index in [2.05, 4.69) is 10.0 Å². The molecular formula is C10H11N3O3. The lowest BCUT2D eigenvalue weighted by atomic mass is 10.2. The number of ether oxygens (including phenoxy) is 1. The molecule has 16 heavy (non-hydrogen) atoms. The van der Waals surface area contributed by atoms with Crippen LogP contribution in [0.2, 0.25) is 0 Å². The molecule has 0 aromatic heterocycles. The number of esters is 1. The van der Waals surface area contributed by atoms with Gasteiger partial charge in [0.1, 0.15) is 6.61 Å². The molecule has 0 radical (unpaired) electrons. The molecule has 0 amide bonds. The molecule has 0 bridgehead atoms. The van der Waals surface area contributed by atoms with Crippen molar-refractivity contribution in [1.29, 1.82) is 0 Å². The van der Waals surface area contributed by atoms with Crippen molar-refractivity contribution in [1.82, 2.24) is 0 Å². The summed E-state index contributed by atoms with van der Waals surface area (Å²) in [5, 5.41) is 12.4. The fraction of sp³-hybridized carbons (Fsp3) is 0.300. The summed E-state index contributed by atoms with van der Waals surface area (Å²) in [6, 6.07) is 8.44. The predicted octanol–water partition coefficient (Wildman–Crippen LogP) is 1.51. The van der Waals surface area contributed by atoms with Crippen molar-refractivity contribution in [3.63, 3.8) is 0 Å². The Morgan fingerprint density at radius 1 is 1.50 bits per heavy atom. The van der Waals surface area contributed by atoms with Crippen LogP contribution in [-0.4, -0.2) is 30.3 Å². The maximum atomic E-state index is 11.4. The van der Waals surface area contributed by atoms with Crippen LogP contribution in [0.3, 0.4) is 0 Å². The summed E-state index contributed by atoms with van der Waals surface area (Å²) in [6.07, 6.45) is -0.969. The Morgan fingerprint density at radius 2 is 2.19 bits per heavy atom. The molecule has 6 nitrogen and oxygen atoms in total. The average molecular weight is 221 g/mol. The molecule has 1 rings (SSSR count). The molecule has 0 saturated carbocycles. The molecule has 1 aromatic rings. The van der Waals surface area contributed by atoms with E-state index in [1.54, 1.807) is 30.3 Å². The third kappa shape index (κ3) is 4.00. The first-order valence-corrected chi connectivity index (χ1v) is 4.65. The highest BCUT2D eigenvalue weighted by atomic mass is 16.5. The fourth-order valence-electron chi connectivity index (χ4n) is 1.01. The number of aliphatic hydroxyl groups is 1. The van der Waals surface area contributed by atoms with E-state index in [4.69, 9.17) is 10.3 Å². The van der Waals surface area contributed by atoms with Gasteiger partial charge in [0.25, 0.3) is 0 Å². The van der Waals surface area contributed by atoms with E-state index in [0.29, 0.717) is 5.56 Å². The third-order valence-corrected chi connectivity index (χ3v) is 1.77. The number of nitrogens with zero attached hydrogens (tertiary/aromatic N) is 3. The second-order valence-electron chi connectivity index (χ2n) is 3.03. The highest BCUT2D eigenvalue weighted by molar-refractivity contribution is 5.89. The molecule has 0 fully saturated rings. The number of azide groups is 1. The molecule has 0 saturated heterocycles. The van der Waals surface area contributed by atoms with Crippen molar-refractivity contribution in [2.75, 3.05) is 13.2 Å². The van der Waals surface area contributed by atoms with E-state index in [0.717, 1.165) is 0 Å². The highest BCUT2D eigenvalue weighted by Crippen LogP contribution is 2.01. The molecule has 0 spiro atoms. The van der Waals surface area contributed by atoms with E-state index in [9.17, 15) is 9.90 Å². The van der Waals surface area contributed by atoms with Gasteiger partial charge in [-0.25, -0.2) is 4.79 Å². The maximum Gasteiger partial charge on any atom is 0.338 e. The Hall–Kier alpha value is -2.04. The molecule has 0 aliphatic carbocycles. The van der Waals surface area contributed by atoms with E-state index < -0.39 is 12.1 Å². The number of hydrogen-bond acceptors (Lipinski definition) is 4. The number of carbonyl (C=O) groups is 1. The number of hydrogen-bond donors (Lipinski definition) is 1. The van der Waals surface area contributed by atoms with Crippen LogP contribution in [0.15, 0.2) is 35.4 Å². The summed E-state index contributed by atoms with van der Waals surface area (Å²) in [5.41, 5.74) is 8.43. The van der Waals surface area contributed by atoms with Gasteiger partial charge in [-0.2, -0.15) is 0 Å². The first-order valence-electron chi connectivity index (χ1n) is 4.65. The minimum absolute atomic E-state index is 0.113. The number of aliphatic hydroxyl groups excluding tert-OH is 1. The minimum atomic E-state index is -0.969. The van der Waals surface area contributed by atoms with Crippen LogP contribution in [0.1, 0.15) is 10.4 Å². The van der Waals surface area contributed by atoms with Gasteiger partial charge in [0.15, 0.2) is 0 Å². The highest BCUT2D eigenvalue weighted by Gasteiger charge is 2.09. The zero-order valence-corrected chi connectivity index (χ0v) is 8.48. The van der Waals surface area contributed by atoms with Crippen molar-refractivity contribution in [2.24, 2.45) is 5.11 Å². The van der Waals surface area contributed by atoms with E-state index in [1.165, 1.54) is 0 Å². The quantitative estimate of drug-likeness (QED) is 0.353. The van der Waals surface area contributed by atoms with Gasteiger partial charge in [-0.1, -0.05) is 23.3 Å². The Bertz CT molecular complexity index is 388. The lowest BCUT2D eigenvalue weighted by Gasteiger charge is -2.08. The number of benzene rings is 1. The molecule has 0 unspecified atom stereocenters. The second-order valence-corrected chi connectivity index (χ2v) is 3.03. The maximum absolute atomic E-state index is 11.4. The monoisotopic (exact) mass is 221 g/mol. The zero-order valence-electron chi connectivity index (χ0n) is 8.48. The largest absolute Gasteiger partial charge is 0.459 e. The van der Waals surface area contributed by atoms with Gasteiger partial charge in [0.05, 0.1) is 18.2 Å². The molecule has 0 heterocycles. The van der Waals surface area contributed by atoms with Crippen molar-refractivity contribution >= 4 is 5.97 Å². The Kier molecular flexibility index (Phi) is 4.85. The van der Waals surface area contributed by atoms with Gasteiger partial charge in [-0.15, -0.1) is 0 Å². The van der Waals surface area contributed by atoms with Crippen LogP contribution in [-0.2, 0) is 4.74 Å². The first kappa shape index (κ1) is 12.0. The molecule has 0 aliphatic heterocycles. The van der Waals surface area contributed by atoms with Crippen molar-refractivity contribution in [2.45, 2.75) is 6.10 Å². The minimum Gasteiger partial charge on any atom is -0.459 e. The molecule has 0 aliphatic rings. The molecule has 1 N–H and O–H groups in total. The van der Waals surface area contributed by atoms with Crippen LogP contribution in [0.25, 0.3) is 10.4 Å². The fourth-order valence-corrected chi connectivity index (χ4v) is 1.01. The topological polar surface area (TPSA) is 95.3 Å². The predicted molar refractivity (Wildman–Crippen MR) is 56.7 cm³/mol. The average Bonchev–Trinajstić information content (AvgIpc) is 2.34. The van der Waals surface area contributed by atoms with Gasteiger partial charge in [-0.05, 0) is 17.7 Å². The van der Waals surface area contributed by atoms with Crippen LogP contribution in [0, 0.1) is 0 Å². The van der Waals surface area contributed by atoms with E-state index in [1.807, 2.05) is 0 Å². The zero-order chi connectivity index (χ0) is 11.8. The number of rotatable bonds is 5. The van der Waals surface area contributed by atoms with Crippen molar-refractivity contribution in [3.8, 4) is 0 Å². The van der Waals surface area contributed by atoms with Gasteiger partial charge in [-0.3, -0.25) is 0 Å². The second kappa shape index (κ2) is 6.44. The van der Waals surface area contributed by atoms with Gasteiger partial charge in [0.2, 0.25) is 0 Å². The smallest absolute Gasteiger partial charge is 0.338 e. The van der Waals surface area contributed by atoms with Gasteiger partial charge in [0, 0.05) is 4.91 Å². The summed E-state index contributed by atoms with van der Waals surface area (Å²) < 4.78 is 4.81. The van der Waals surface area contributed by atoms with Crippen molar-refractivity contribution in [3.05, 3.63) is 46.3 Å². The van der Waals surface area contributed by atoms with Crippen LogP contribution in [0.5, 0.6) is 0 Å². The molecule has 1 atom stereocenters. The van der Waals surface area contributed by atoms with Crippen molar-refractivity contribution < 1.29 is 14.6 Å². The lowest BCUT2D eigenvalue weighted by Crippen LogP contribution is -2.21. The summed E-state index contributed by atoms with van der Waals surface area (Å²) >= 11 is 0. The molecular weight excluding hydrogens is 210 g/mol. The van der Waals surface area contributed by atoms with E-state index in [-0.39, 0.29) is 13.2 Å². The number of carbonyl (C=O) groups excluding carboxylic acids is 1. The van der Waals surface area contributed by atoms with Crippen LogP contribution in [0.4, 0.5) is 0 Å². The Labute approximate surface area is 92.1 Å². The van der Waals surface area contributed by atoms with E-state index >= 15 is 0 Å². The van der Waals surface area contributed by atoms with Gasteiger partial charge < -0.3 is 9.84 Å². The summed E-state index contributed by atoms with van der Waals surface area (Å²) in [6.45, 7) is -0.300. The summed E-state index contributed by atoms with van der Waals surface area (Å²) in [7, 11) is 0. The third-order valence-electron chi connectivity index (χ3n) is 1.77. The Balaban J connectivity index is 2.38. The molecule has 6 heteroatoms. The first-order chi connectivity index (χ1) is 7.74. The summed E-state index contributed by atoms with van der Waals surface area (Å²) in [5.74, 6) is -0.513. The van der Waals surface area contributed by atoms with Gasteiger partial charge >= 0.3 is 5.97 Å². The Morgan fingerprint density at radius 3 is 2.81 bits per heavy atom.